The lowest BCUT2D eigenvalue weighted by Crippen LogP contribution is -2.05. The van der Waals surface area contributed by atoms with Gasteiger partial charge in [-0.15, -0.1) is 10.2 Å². The summed E-state index contributed by atoms with van der Waals surface area (Å²) < 4.78 is 5.66. The molecule has 0 saturated carbocycles. The predicted octanol–water partition coefficient (Wildman–Crippen LogP) is 4.87. The van der Waals surface area contributed by atoms with E-state index < -0.39 is 0 Å². The molecule has 0 aliphatic heterocycles. The summed E-state index contributed by atoms with van der Waals surface area (Å²) >= 11 is 12.4. The molecule has 25 heavy (non-hydrogen) atoms. The number of halogens is 2. The third-order valence-corrected chi connectivity index (χ3v) is 4.40. The zero-order valence-corrected chi connectivity index (χ0v) is 15.3. The van der Waals surface area contributed by atoms with Crippen molar-refractivity contribution < 1.29 is 4.74 Å². The summed E-state index contributed by atoms with van der Waals surface area (Å²) in [5, 5.41) is 13.7. The van der Waals surface area contributed by atoms with E-state index in [0.717, 1.165) is 36.3 Å². The maximum absolute atomic E-state index is 6.19. The molecule has 1 aromatic heterocycles. The van der Waals surface area contributed by atoms with Gasteiger partial charge in [-0.3, -0.25) is 0 Å². The Labute approximate surface area is 156 Å². The summed E-state index contributed by atoms with van der Waals surface area (Å²) in [5.41, 5.74) is 1.65. The van der Waals surface area contributed by atoms with Gasteiger partial charge in [0.1, 0.15) is 5.75 Å². The van der Waals surface area contributed by atoms with Crippen LogP contribution < -0.4 is 4.74 Å². The van der Waals surface area contributed by atoms with Crippen LogP contribution >= 0.6 is 23.2 Å². The van der Waals surface area contributed by atoms with Crippen LogP contribution in [0.1, 0.15) is 25.3 Å². The van der Waals surface area contributed by atoms with Crippen LogP contribution in [0.2, 0.25) is 10.0 Å². The van der Waals surface area contributed by atoms with Crippen LogP contribution in [0.4, 0.5) is 0 Å². The number of tetrazole rings is 1. The van der Waals surface area contributed by atoms with Gasteiger partial charge >= 0.3 is 0 Å². The first kappa shape index (κ1) is 17.7. The molecule has 7 heteroatoms. The van der Waals surface area contributed by atoms with Gasteiger partial charge in [0.05, 0.1) is 13.2 Å². The first-order valence-corrected chi connectivity index (χ1v) is 8.87. The Bertz CT molecular complexity index is 813. The molecule has 130 valence electrons. The van der Waals surface area contributed by atoms with Crippen LogP contribution in [0.5, 0.6) is 5.75 Å². The average Bonchev–Trinajstić information content (AvgIpc) is 3.08. The maximum Gasteiger partial charge on any atom is 0.204 e. The second-order valence-corrected chi connectivity index (χ2v) is 6.38. The molecule has 3 rings (SSSR count). The molecule has 0 spiro atoms. The number of benzene rings is 2. The third-order valence-electron chi connectivity index (χ3n) is 3.69. The van der Waals surface area contributed by atoms with E-state index in [2.05, 4.69) is 22.3 Å². The van der Waals surface area contributed by atoms with Crippen molar-refractivity contribution in [1.29, 1.82) is 0 Å². The number of aromatic nitrogens is 4. The first-order valence-electron chi connectivity index (χ1n) is 8.11. The molecular formula is C18H18Cl2N4O. The van der Waals surface area contributed by atoms with E-state index >= 15 is 0 Å². The van der Waals surface area contributed by atoms with Crippen molar-refractivity contribution in [3.63, 3.8) is 0 Å². The topological polar surface area (TPSA) is 52.8 Å². The zero-order valence-electron chi connectivity index (χ0n) is 13.8. The summed E-state index contributed by atoms with van der Waals surface area (Å²) in [6.45, 7) is 3.23. The first-order chi connectivity index (χ1) is 12.2. The summed E-state index contributed by atoms with van der Waals surface area (Å²) in [5.74, 6) is 1.38. The second kappa shape index (κ2) is 8.32. The number of hydrogen-bond donors (Lipinski definition) is 0. The van der Waals surface area contributed by atoms with E-state index in [1.54, 1.807) is 18.2 Å². The van der Waals surface area contributed by atoms with Crippen molar-refractivity contribution in [2.24, 2.45) is 0 Å². The van der Waals surface area contributed by atoms with Gasteiger partial charge in [-0.2, -0.15) is 4.80 Å². The fourth-order valence-electron chi connectivity index (χ4n) is 2.29. The SMILES string of the molecule is CCCCOc1ccc(-c2nnn(Cc3c(Cl)cccc3Cl)n2)cc1. The number of nitrogens with zero attached hydrogens (tertiary/aromatic N) is 4. The molecule has 0 radical (unpaired) electrons. The summed E-state index contributed by atoms with van der Waals surface area (Å²) in [6.07, 6.45) is 2.16. The van der Waals surface area contributed by atoms with E-state index in [0.29, 0.717) is 22.4 Å². The van der Waals surface area contributed by atoms with Gasteiger partial charge in [-0.25, -0.2) is 0 Å². The average molecular weight is 377 g/mol. The van der Waals surface area contributed by atoms with Gasteiger partial charge in [-0.05, 0) is 48.0 Å². The van der Waals surface area contributed by atoms with Crippen molar-refractivity contribution in [2.75, 3.05) is 6.61 Å². The summed E-state index contributed by atoms with van der Waals surface area (Å²) in [6, 6.07) is 13.1. The van der Waals surface area contributed by atoms with Crippen LogP contribution in [0.3, 0.4) is 0 Å². The van der Waals surface area contributed by atoms with Gasteiger partial charge in [-0.1, -0.05) is 42.6 Å². The normalized spacial score (nSPS) is 10.8. The lowest BCUT2D eigenvalue weighted by Gasteiger charge is -2.05. The van der Waals surface area contributed by atoms with Crippen LogP contribution in [-0.4, -0.2) is 26.8 Å². The molecule has 0 saturated heterocycles. The van der Waals surface area contributed by atoms with E-state index in [1.807, 2.05) is 24.3 Å². The Morgan fingerprint density at radius 1 is 1.04 bits per heavy atom. The highest BCUT2D eigenvalue weighted by Crippen LogP contribution is 2.25. The van der Waals surface area contributed by atoms with Crippen LogP contribution in [-0.2, 0) is 6.54 Å². The highest BCUT2D eigenvalue weighted by Gasteiger charge is 2.10. The lowest BCUT2D eigenvalue weighted by atomic mass is 10.2. The van der Waals surface area contributed by atoms with Crippen LogP contribution in [0.25, 0.3) is 11.4 Å². The minimum Gasteiger partial charge on any atom is -0.494 e. The molecule has 0 N–H and O–H groups in total. The van der Waals surface area contributed by atoms with E-state index in [1.165, 1.54) is 4.80 Å². The molecular weight excluding hydrogens is 359 g/mol. The molecule has 2 aromatic carbocycles. The second-order valence-electron chi connectivity index (χ2n) is 5.57. The molecule has 0 fully saturated rings. The molecule has 0 atom stereocenters. The Kier molecular flexibility index (Phi) is 5.89. The van der Waals surface area contributed by atoms with E-state index in [4.69, 9.17) is 27.9 Å². The largest absolute Gasteiger partial charge is 0.494 e. The third kappa shape index (κ3) is 4.50. The Balaban J connectivity index is 1.71. The molecule has 0 amide bonds. The number of unbranched alkanes of at least 4 members (excludes halogenated alkanes) is 1. The van der Waals surface area contributed by atoms with Crippen molar-refractivity contribution in [1.82, 2.24) is 20.2 Å². The predicted molar refractivity (Wildman–Crippen MR) is 99.2 cm³/mol. The Hall–Kier alpha value is -2.11. The molecule has 3 aromatic rings. The van der Waals surface area contributed by atoms with Crippen LogP contribution in [0, 0.1) is 0 Å². The zero-order chi connectivity index (χ0) is 17.6. The van der Waals surface area contributed by atoms with Gasteiger partial charge in [0.2, 0.25) is 5.82 Å². The fraction of sp³-hybridized carbons (Fsp3) is 0.278. The minimum absolute atomic E-state index is 0.365. The van der Waals surface area contributed by atoms with Crippen molar-refractivity contribution in [3.8, 4) is 17.1 Å². The standard InChI is InChI=1S/C18H18Cl2N4O/c1-2-3-11-25-14-9-7-13(8-10-14)18-21-23-24(22-18)12-15-16(19)5-4-6-17(15)20/h4-10H,2-3,11-12H2,1H3. The number of rotatable bonds is 7. The highest BCUT2D eigenvalue weighted by molar-refractivity contribution is 6.35. The highest BCUT2D eigenvalue weighted by atomic mass is 35.5. The molecule has 5 nitrogen and oxygen atoms in total. The minimum atomic E-state index is 0.365. The van der Waals surface area contributed by atoms with Gasteiger partial charge < -0.3 is 4.74 Å². The van der Waals surface area contributed by atoms with Crippen LogP contribution in [0.15, 0.2) is 42.5 Å². The van der Waals surface area contributed by atoms with Gasteiger partial charge in [0, 0.05) is 21.2 Å². The Morgan fingerprint density at radius 2 is 1.76 bits per heavy atom. The summed E-state index contributed by atoms with van der Waals surface area (Å²) in [4.78, 5) is 1.48. The van der Waals surface area contributed by atoms with Gasteiger partial charge in [0.25, 0.3) is 0 Å². The maximum atomic E-state index is 6.19. The van der Waals surface area contributed by atoms with E-state index in [9.17, 15) is 0 Å². The smallest absolute Gasteiger partial charge is 0.204 e. The monoisotopic (exact) mass is 376 g/mol. The molecule has 0 unspecified atom stereocenters. The lowest BCUT2D eigenvalue weighted by molar-refractivity contribution is 0.309. The quantitative estimate of drug-likeness (QED) is 0.551. The molecule has 0 bridgehead atoms. The van der Waals surface area contributed by atoms with E-state index in [-0.39, 0.29) is 0 Å². The van der Waals surface area contributed by atoms with Gasteiger partial charge in [0.15, 0.2) is 0 Å². The Morgan fingerprint density at radius 3 is 2.44 bits per heavy atom. The van der Waals surface area contributed by atoms with Crippen molar-refractivity contribution in [3.05, 3.63) is 58.1 Å². The molecule has 0 aliphatic carbocycles. The molecule has 0 aliphatic rings. The molecule has 1 heterocycles. The van der Waals surface area contributed by atoms with Crippen molar-refractivity contribution >= 4 is 23.2 Å². The van der Waals surface area contributed by atoms with Crippen molar-refractivity contribution in [2.45, 2.75) is 26.3 Å². The number of ether oxygens (including phenoxy) is 1. The number of hydrogen-bond acceptors (Lipinski definition) is 4. The summed E-state index contributed by atoms with van der Waals surface area (Å²) in [7, 11) is 0. The fourth-order valence-corrected chi connectivity index (χ4v) is 2.80.